The van der Waals surface area contributed by atoms with Crippen molar-refractivity contribution in [2.24, 2.45) is 11.8 Å². The zero-order chi connectivity index (χ0) is 12.8. The van der Waals surface area contributed by atoms with Crippen LogP contribution in [-0.4, -0.2) is 17.7 Å². The lowest BCUT2D eigenvalue weighted by atomic mass is 9.98. The Balaban J connectivity index is 2.51. The van der Waals surface area contributed by atoms with Crippen LogP contribution in [0.3, 0.4) is 0 Å². The number of benzene rings is 1. The van der Waals surface area contributed by atoms with Crippen molar-refractivity contribution in [3.05, 3.63) is 30.1 Å². The summed E-state index contributed by atoms with van der Waals surface area (Å²) < 4.78 is 18.0. The van der Waals surface area contributed by atoms with E-state index in [1.165, 1.54) is 24.3 Å². The average molecular weight is 240 g/mol. The number of carbonyl (C=O) groups is 1. The highest BCUT2D eigenvalue weighted by molar-refractivity contribution is 5.70. The van der Waals surface area contributed by atoms with Gasteiger partial charge in [-0.25, -0.2) is 4.39 Å². The molecule has 1 unspecified atom stereocenters. The first kappa shape index (κ1) is 13.5. The topological polar surface area (TPSA) is 46.5 Å². The minimum Gasteiger partial charge on any atom is -0.493 e. The van der Waals surface area contributed by atoms with E-state index < -0.39 is 11.9 Å². The highest BCUT2D eigenvalue weighted by Crippen LogP contribution is 2.16. The summed E-state index contributed by atoms with van der Waals surface area (Å²) in [7, 11) is 0. The number of hydrogen-bond acceptors (Lipinski definition) is 2. The van der Waals surface area contributed by atoms with Crippen LogP contribution >= 0.6 is 0 Å². The van der Waals surface area contributed by atoms with Gasteiger partial charge >= 0.3 is 5.97 Å². The fourth-order valence-corrected chi connectivity index (χ4v) is 1.54. The van der Waals surface area contributed by atoms with E-state index in [-0.39, 0.29) is 12.4 Å². The van der Waals surface area contributed by atoms with Crippen LogP contribution in [-0.2, 0) is 4.79 Å². The number of carboxylic acids is 1. The molecule has 1 aromatic rings. The molecule has 0 aliphatic rings. The van der Waals surface area contributed by atoms with E-state index in [1.807, 2.05) is 13.8 Å². The van der Waals surface area contributed by atoms with Gasteiger partial charge in [-0.1, -0.05) is 13.8 Å². The van der Waals surface area contributed by atoms with Gasteiger partial charge in [0.2, 0.25) is 0 Å². The first-order valence-corrected chi connectivity index (χ1v) is 5.60. The van der Waals surface area contributed by atoms with Gasteiger partial charge in [0.15, 0.2) is 0 Å². The Morgan fingerprint density at radius 3 is 2.41 bits per heavy atom. The van der Waals surface area contributed by atoms with Crippen LogP contribution in [0.1, 0.15) is 20.3 Å². The molecule has 0 aliphatic carbocycles. The van der Waals surface area contributed by atoms with E-state index in [9.17, 15) is 9.18 Å². The number of aliphatic carboxylic acids is 1. The van der Waals surface area contributed by atoms with Gasteiger partial charge in [0.25, 0.3) is 0 Å². The number of halogens is 1. The second-order valence-corrected chi connectivity index (χ2v) is 4.43. The van der Waals surface area contributed by atoms with Crippen LogP contribution in [0.5, 0.6) is 5.75 Å². The van der Waals surface area contributed by atoms with Crippen molar-refractivity contribution in [2.45, 2.75) is 20.3 Å². The molecule has 0 saturated carbocycles. The van der Waals surface area contributed by atoms with Crippen molar-refractivity contribution < 1.29 is 19.0 Å². The van der Waals surface area contributed by atoms with Crippen molar-refractivity contribution in [2.75, 3.05) is 6.61 Å². The van der Waals surface area contributed by atoms with Gasteiger partial charge < -0.3 is 9.84 Å². The highest BCUT2D eigenvalue weighted by Gasteiger charge is 2.19. The van der Waals surface area contributed by atoms with E-state index in [1.54, 1.807) is 0 Å². The molecule has 0 fully saturated rings. The third kappa shape index (κ3) is 4.85. The molecule has 94 valence electrons. The zero-order valence-corrected chi connectivity index (χ0v) is 10.0. The fraction of sp³-hybridized carbons (Fsp3) is 0.462. The molecule has 0 spiro atoms. The van der Waals surface area contributed by atoms with Crippen LogP contribution in [0.25, 0.3) is 0 Å². The van der Waals surface area contributed by atoms with E-state index in [2.05, 4.69) is 0 Å². The summed E-state index contributed by atoms with van der Waals surface area (Å²) in [6.07, 6.45) is 0.566. The lowest BCUT2D eigenvalue weighted by Gasteiger charge is -2.15. The summed E-state index contributed by atoms with van der Waals surface area (Å²) >= 11 is 0. The number of rotatable bonds is 6. The Labute approximate surface area is 100 Å². The van der Waals surface area contributed by atoms with Crippen molar-refractivity contribution in [3.63, 3.8) is 0 Å². The second kappa shape index (κ2) is 6.23. The third-order valence-electron chi connectivity index (χ3n) is 2.37. The Morgan fingerprint density at radius 1 is 1.35 bits per heavy atom. The van der Waals surface area contributed by atoms with Crippen LogP contribution in [0, 0.1) is 17.7 Å². The SMILES string of the molecule is CC(C)CC(COc1ccc(F)cc1)C(=O)O. The molecule has 1 N–H and O–H groups in total. The first-order valence-electron chi connectivity index (χ1n) is 5.60. The van der Waals surface area contributed by atoms with Crippen molar-refractivity contribution in [1.29, 1.82) is 0 Å². The van der Waals surface area contributed by atoms with Gasteiger partial charge in [-0.15, -0.1) is 0 Å². The van der Waals surface area contributed by atoms with Gasteiger partial charge in [-0.05, 0) is 36.6 Å². The molecule has 0 heterocycles. The molecule has 1 aromatic carbocycles. The number of carboxylic acid groups (broad SMARTS) is 1. The van der Waals surface area contributed by atoms with Gasteiger partial charge in [0, 0.05) is 0 Å². The maximum Gasteiger partial charge on any atom is 0.309 e. The molecule has 1 rings (SSSR count). The van der Waals surface area contributed by atoms with Crippen LogP contribution < -0.4 is 4.74 Å². The molecule has 0 bridgehead atoms. The lowest BCUT2D eigenvalue weighted by molar-refractivity contribution is -0.143. The molecule has 0 aliphatic heterocycles. The van der Waals surface area contributed by atoms with E-state index in [0.29, 0.717) is 18.1 Å². The molecule has 3 nitrogen and oxygen atoms in total. The molecular weight excluding hydrogens is 223 g/mol. The Kier molecular flexibility index (Phi) is 4.94. The predicted octanol–water partition coefficient (Wildman–Crippen LogP) is 2.95. The maximum atomic E-state index is 12.6. The molecule has 17 heavy (non-hydrogen) atoms. The maximum absolute atomic E-state index is 12.6. The Bertz CT molecular complexity index is 359. The highest BCUT2D eigenvalue weighted by atomic mass is 19.1. The third-order valence-corrected chi connectivity index (χ3v) is 2.37. The predicted molar refractivity (Wildman–Crippen MR) is 62.5 cm³/mol. The summed E-state index contributed by atoms with van der Waals surface area (Å²) in [5.74, 6) is -0.940. The first-order chi connectivity index (χ1) is 7.99. The summed E-state index contributed by atoms with van der Waals surface area (Å²) in [5.41, 5.74) is 0. The fourth-order valence-electron chi connectivity index (χ4n) is 1.54. The summed E-state index contributed by atoms with van der Waals surface area (Å²) in [4.78, 5) is 11.0. The smallest absolute Gasteiger partial charge is 0.309 e. The van der Waals surface area contributed by atoms with E-state index in [4.69, 9.17) is 9.84 Å². The van der Waals surface area contributed by atoms with Crippen molar-refractivity contribution in [3.8, 4) is 5.75 Å². The summed E-state index contributed by atoms with van der Waals surface area (Å²) in [6.45, 7) is 4.04. The molecule has 4 heteroatoms. The molecule has 1 atom stereocenters. The molecular formula is C13H17FO3. The minimum atomic E-state index is -0.860. The Morgan fingerprint density at radius 2 is 1.94 bits per heavy atom. The molecule has 0 radical (unpaired) electrons. The van der Waals surface area contributed by atoms with Crippen LogP contribution in [0.2, 0.25) is 0 Å². The number of hydrogen-bond donors (Lipinski definition) is 1. The zero-order valence-electron chi connectivity index (χ0n) is 10.0. The van der Waals surface area contributed by atoms with Crippen molar-refractivity contribution >= 4 is 5.97 Å². The molecule has 0 amide bonds. The lowest BCUT2D eigenvalue weighted by Crippen LogP contribution is -2.23. The monoisotopic (exact) mass is 240 g/mol. The molecule has 0 aromatic heterocycles. The second-order valence-electron chi connectivity index (χ2n) is 4.43. The largest absolute Gasteiger partial charge is 0.493 e. The van der Waals surface area contributed by atoms with E-state index >= 15 is 0 Å². The van der Waals surface area contributed by atoms with Gasteiger partial charge in [-0.3, -0.25) is 4.79 Å². The van der Waals surface area contributed by atoms with Gasteiger partial charge in [0.05, 0.1) is 5.92 Å². The van der Waals surface area contributed by atoms with Gasteiger partial charge in [0.1, 0.15) is 18.2 Å². The van der Waals surface area contributed by atoms with E-state index in [0.717, 1.165) is 0 Å². The summed E-state index contributed by atoms with van der Waals surface area (Å²) in [5, 5.41) is 9.00. The van der Waals surface area contributed by atoms with Gasteiger partial charge in [-0.2, -0.15) is 0 Å². The van der Waals surface area contributed by atoms with Crippen LogP contribution in [0.15, 0.2) is 24.3 Å². The quantitative estimate of drug-likeness (QED) is 0.831. The average Bonchev–Trinajstić information content (AvgIpc) is 2.25. The van der Waals surface area contributed by atoms with Crippen molar-refractivity contribution in [1.82, 2.24) is 0 Å². The molecule has 0 saturated heterocycles. The van der Waals surface area contributed by atoms with Crippen LogP contribution in [0.4, 0.5) is 4.39 Å². The minimum absolute atomic E-state index is 0.110. The summed E-state index contributed by atoms with van der Waals surface area (Å²) in [6, 6.07) is 5.55. The standard InChI is InChI=1S/C13H17FO3/c1-9(2)7-10(13(15)16)8-17-12-5-3-11(14)4-6-12/h3-6,9-10H,7-8H2,1-2H3,(H,15,16). The normalized spacial score (nSPS) is 12.5. The number of ether oxygens (including phenoxy) is 1. The Hall–Kier alpha value is -1.58.